The van der Waals surface area contributed by atoms with Crippen molar-refractivity contribution in [2.75, 3.05) is 37.9 Å². The number of H-pyrrole nitrogens is 1. The van der Waals surface area contributed by atoms with Gasteiger partial charge in [-0.1, -0.05) is 17.9 Å². The van der Waals surface area contributed by atoms with Crippen LogP contribution in [-0.4, -0.2) is 43.2 Å². The van der Waals surface area contributed by atoms with E-state index in [0.717, 1.165) is 11.3 Å². The number of fused-ring (bicyclic) bond motifs is 1. The number of nitrogens with one attached hydrogen (secondary N) is 4. The summed E-state index contributed by atoms with van der Waals surface area (Å²) in [7, 11) is 3.36. The molecule has 3 heterocycles. The van der Waals surface area contributed by atoms with E-state index in [1.54, 1.807) is 39.4 Å². The molecule has 0 unspecified atom stereocenters. The van der Waals surface area contributed by atoms with Gasteiger partial charge in [0.2, 0.25) is 0 Å². The van der Waals surface area contributed by atoms with Crippen LogP contribution in [0.2, 0.25) is 0 Å². The van der Waals surface area contributed by atoms with Crippen LogP contribution in [-0.2, 0) is 11.2 Å². The minimum absolute atomic E-state index is 0.180. The number of halogens is 1. The third-order valence-electron chi connectivity index (χ3n) is 5.38. The standard InChI is InChI=1S/C24H24FN5O2/c1-14-17(25)7-4-8-18(14)29-22-20-19(10-12-28-24(20)31)30-21(22)15-9-11-27-23(26-2)16(15)6-5-13-32-3/h4,7-9,11,29-30H,10,12-13H2,1-3H3,(H,26,27)(H,28,31). The number of pyridine rings is 1. The fourth-order valence-corrected chi connectivity index (χ4v) is 3.77. The highest BCUT2D eigenvalue weighted by Gasteiger charge is 2.28. The van der Waals surface area contributed by atoms with Gasteiger partial charge in [0.1, 0.15) is 18.2 Å². The number of amides is 1. The summed E-state index contributed by atoms with van der Waals surface area (Å²) in [6.07, 6.45) is 2.34. The van der Waals surface area contributed by atoms with Crippen LogP contribution in [0, 0.1) is 24.6 Å². The number of ether oxygens (including phenoxy) is 1. The van der Waals surface area contributed by atoms with Crippen LogP contribution in [0.15, 0.2) is 30.5 Å². The lowest BCUT2D eigenvalue weighted by Gasteiger charge is -2.16. The van der Waals surface area contributed by atoms with Gasteiger partial charge in [0.25, 0.3) is 5.91 Å². The largest absolute Gasteiger partial charge is 0.372 e. The van der Waals surface area contributed by atoms with Crippen molar-refractivity contribution in [1.29, 1.82) is 0 Å². The second-order valence-electron chi connectivity index (χ2n) is 7.34. The van der Waals surface area contributed by atoms with Gasteiger partial charge in [-0.3, -0.25) is 4.79 Å². The van der Waals surface area contributed by atoms with Crippen molar-refractivity contribution in [3.63, 3.8) is 0 Å². The van der Waals surface area contributed by atoms with E-state index in [-0.39, 0.29) is 18.3 Å². The summed E-state index contributed by atoms with van der Waals surface area (Å²) in [6, 6.07) is 6.67. The van der Waals surface area contributed by atoms with Crippen LogP contribution in [0.1, 0.15) is 27.2 Å². The Morgan fingerprint density at radius 2 is 2.16 bits per heavy atom. The molecule has 1 aliphatic rings. The van der Waals surface area contributed by atoms with E-state index in [4.69, 9.17) is 4.74 Å². The van der Waals surface area contributed by atoms with Crippen molar-refractivity contribution < 1.29 is 13.9 Å². The number of aromatic nitrogens is 2. The maximum Gasteiger partial charge on any atom is 0.255 e. The molecule has 1 amide bonds. The van der Waals surface area contributed by atoms with E-state index < -0.39 is 0 Å². The molecule has 0 spiro atoms. The van der Waals surface area contributed by atoms with Crippen LogP contribution in [0.25, 0.3) is 11.3 Å². The average Bonchev–Trinajstić information content (AvgIpc) is 3.16. The molecule has 0 atom stereocenters. The molecule has 0 saturated heterocycles. The summed E-state index contributed by atoms with van der Waals surface area (Å²) in [5, 5.41) is 9.27. The molecule has 0 aliphatic carbocycles. The Kier molecular flexibility index (Phi) is 6.10. The maximum atomic E-state index is 14.2. The molecule has 8 heteroatoms. The van der Waals surface area contributed by atoms with Crippen LogP contribution < -0.4 is 16.0 Å². The van der Waals surface area contributed by atoms with Gasteiger partial charge in [-0.15, -0.1) is 0 Å². The first-order valence-corrected chi connectivity index (χ1v) is 10.2. The molecule has 0 bridgehead atoms. The molecule has 32 heavy (non-hydrogen) atoms. The Labute approximate surface area is 185 Å². The number of hydrogen-bond donors (Lipinski definition) is 4. The summed E-state index contributed by atoms with van der Waals surface area (Å²) in [4.78, 5) is 20.6. The minimum Gasteiger partial charge on any atom is -0.372 e. The Morgan fingerprint density at radius 3 is 2.94 bits per heavy atom. The highest BCUT2D eigenvalue weighted by Crippen LogP contribution is 2.39. The minimum atomic E-state index is -0.321. The monoisotopic (exact) mass is 433 g/mol. The molecule has 4 N–H and O–H groups in total. The van der Waals surface area contributed by atoms with Gasteiger partial charge < -0.3 is 25.7 Å². The van der Waals surface area contributed by atoms with Crippen LogP contribution >= 0.6 is 0 Å². The third kappa shape index (κ3) is 3.90. The van der Waals surface area contributed by atoms with E-state index in [9.17, 15) is 9.18 Å². The second kappa shape index (κ2) is 9.12. The lowest BCUT2D eigenvalue weighted by molar-refractivity contribution is 0.0947. The lowest BCUT2D eigenvalue weighted by atomic mass is 10.0. The van der Waals surface area contributed by atoms with Gasteiger partial charge in [-0.05, 0) is 25.1 Å². The zero-order valence-corrected chi connectivity index (χ0v) is 18.1. The first kappa shape index (κ1) is 21.4. The number of anilines is 3. The SMILES string of the molecule is CNc1nccc(-c2[nH]c3c(c2Nc2cccc(F)c2C)C(=O)NCC3)c1C#CCOC. The van der Waals surface area contributed by atoms with E-state index in [2.05, 4.69) is 37.8 Å². The number of carbonyl (C=O) groups excluding carboxylic acids is 1. The number of benzene rings is 1. The number of aromatic amines is 1. The van der Waals surface area contributed by atoms with Gasteiger partial charge in [-0.25, -0.2) is 9.37 Å². The topological polar surface area (TPSA) is 91.1 Å². The van der Waals surface area contributed by atoms with Crippen molar-refractivity contribution in [2.24, 2.45) is 0 Å². The van der Waals surface area contributed by atoms with E-state index >= 15 is 0 Å². The molecule has 7 nitrogen and oxygen atoms in total. The van der Waals surface area contributed by atoms with Gasteiger partial charge in [0.05, 0.1) is 22.5 Å². The number of methoxy groups -OCH3 is 1. The molecule has 0 radical (unpaired) electrons. The van der Waals surface area contributed by atoms with E-state index in [1.807, 2.05) is 6.07 Å². The second-order valence-corrected chi connectivity index (χ2v) is 7.34. The number of nitrogens with zero attached hydrogens (tertiary/aromatic N) is 1. The van der Waals surface area contributed by atoms with Crippen LogP contribution in [0.4, 0.5) is 21.6 Å². The molecule has 1 aromatic carbocycles. The summed E-state index contributed by atoms with van der Waals surface area (Å²) < 4.78 is 19.3. The first-order valence-electron chi connectivity index (χ1n) is 10.2. The van der Waals surface area contributed by atoms with Crippen LogP contribution in [0.3, 0.4) is 0 Å². The smallest absolute Gasteiger partial charge is 0.255 e. The molecular weight excluding hydrogens is 409 g/mol. The predicted molar refractivity (Wildman–Crippen MR) is 123 cm³/mol. The highest BCUT2D eigenvalue weighted by molar-refractivity contribution is 6.06. The molecule has 3 aromatic rings. The number of rotatable bonds is 5. The Balaban J connectivity index is 1.94. The zero-order valence-electron chi connectivity index (χ0n) is 18.1. The summed E-state index contributed by atoms with van der Waals surface area (Å²) >= 11 is 0. The molecule has 1 aliphatic heterocycles. The Morgan fingerprint density at radius 1 is 1.31 bits per heavy atom. The molecule has 164 valence electrons. The normalized spacial score (nSPS) is 12.4. The van der Waals surface area contributed by atoms with Crippen molar-refractivity contribution >= 4 is 23.1 Å². The molecule has 0 saturated carbocycles. The first-order chi connectivity index (χ1) is 15.5. The maximum absolute atomic E-state index is 14.2. The molecule has 2 aromatic heterocycles. The Bertz CT molecular complexity index is 1240. The van der Waals surface area contributed by atoms with Crippen molar-refractivity contribution in [2.45, 2.75) is 13.3 Å². The van der Waals surface area contributed by atoms with E-state index in [0.29, 0.717) is 52.5 Å². The van der Waals surface area contributed by atoms with E-state index in [1.165, 1.54) is 6.07 Å². The lowest BCUT2D eigenvalue weighted by Crippen LogP contribution is -2.31. The fourth-order valence-electron chi connectivity index (χ4n) is 3.77. The van der Waals surface area contributed by atoms with Gasteiger partial charge in [-0.2, -0.15) is 0 Å². The van der Waals surface area contributed by atoms with Crippen molar-refractivity contribution in [3.05, 3.63) is 58.7 Å². The summed E-state index contributed by atoms with van der Waals surface area (Å²) in [5.41, 5.74) is 5.10. The number of hydrogen-bond acceptors (Lipinski definition) is 5. The molecule has 0 fully saturated rings. The quantitative estimate of drug-likeness (QED) is 0.462. The zero-order chi connectivity index (χ0) is 22.7. The number of carbonyl (C=O) groups is 1. The van der Waals surface area contributed by atoms with Gasteiger partial charge in [0.15, 0.2) is 0 Å². The fraction of sp³-hybridized carbons (Fsp3) is 0.250. The van der Waals surface area contributed by atoms with Gasteiger partial charge in [0, 0.05) is 55.8 Å². The van der Waals surface area contributed by atoms with Crippen LogP contribution in [0.5, 0.6) is 0 Å². The summed E-state index contributed by atoms with van der Waals surface area (Å²) in [6.45, 7) is 2.52. The highest BCUT2D eigenvalue weighted by atomic mass is 19.1. The molecular formula is C24H24FN5O2. The predicted octanol–water partition coefficient (Wildman–Crippen LogP) is 3.59. The van der Waals surface area contributed by atoms with Gasteiger partial charge >= 0.3 is 0 Å². The third-order valence-corrected chi connectivity index (χ3v) is 5.38. The molecule has 4 rings (SSSR count). The van der Waals surface area contributed by atoms with Crippen molar-refractivity contribution in [1.82, 2.24) is 15.3 Å². The van der Waals surface area contributed by atoms with Crippen molar-refractivity contribution in [3.8, 4) is 23.1 Å². The Hall–Kier alpha value is -3.83. The average molecular weight is 433 g/mol. The summed E-state index contributed by atoms with van der Waals surface area (Å²) in [5.74, 6) is 6.21.